The molecular weight excluding hydrogens is 1790 g/mol. The molecule has 0 unspecified atom stereocenters. The van der Waals surface area contributed by atoms with E-state index in [0.717, 1.165) is 55.7 Å². The highest BCUT2D eigenvalue weighted by atomic mass is 28.4. The van der Waals surface area contributed by atoms with E-state index >= 15 is 0 Å². The normalized spacial score (nSPS) is 16.8. The van der Waals surface area contributed by atoms with Gasteiger partial charge in [0.1, 0.15) is 59.4 Å². The highest BCUT2D eigenvalue weighted by Gasteiger charge is 2.45. The molecule has 4 aliphatic heterocycles. The van der Waals surface area contributed by atoms with E-state index in [1.807, 2.05) is 60.6 Å². The fourth-order valence-electron chi connectivity index (χ4n) is 15.0. The van der Waals surface area contributed by atoms with Gasteiger partial charge < -0.3 is 67.7 Å². The van der Waals surface area contributed by atoms with Crippen LogP contribution in [0.5, 0.6) is 23.0 Å². The Morgan fingerprint density at radius 1 is 0.375 bits per heavy atom. The first kappa shape index (κ1) is 108. The molecule has 4 aromatic heterocycles. The summed E-state index contributed by atoms with van der Waals surface area (Å²) < 4.78 is 47.7. The summed E-state index contributed by atoms with van der Waals surface area (Å²) in [4.78, 5) is 118. The van der Waals surface area contributed by atoms with Crippen LogP contribution in [0.25, 0.3) is 22.3 Å². The van der Waals surface area contributed by atoms with Crippen LogP contribution in [0.4, 0.5) is 22.7 Å². The topological polar surface area (TPSA) is 397 Å². The SMILES string of the molecule is COc1cc(C(=O)N2CC=C(c3cncnc3)C[C@H]2CO[Si](C)(C)C(C)(C)C)c(N)cc1C.COc1cc(C(=O)N2CC=C(c3cncnc3)C[C@H]2CO[Si](C)(C)C(C)(C)C)c([N+](=O)[O-])cc1C.COc1cc(C(=O)N2CCC(c3cncnc3)=C[C@H]2CO[Si](C)(C)C(C)(C)C)c(N)cc1C.COc1cc(C(=O)N2CCC(c3cncnc3)=C[C@H]2CO[Si](C)(C)C(C)(C)C)c([N+](=O)[O-])cc1C. The van der Waals surface area contributed by atoms with Gasteiger partial charge in [0.15, 0.2) is 33.3 Å². The van der Waals surface area contributed by atoms with Crippen molar-refractivity contribution in [3.8, 4) is 23.0 Å². The van der Waals surface area contributed by atoms with Crippen molar-refractivity contribution in [1.82, 2.24) is 59.5 Å². The molecule has 4 N–H and O–H groups in total. The number of carbonyl (C=O) groups excluding carboxylic acids is 4. The molecule has 0 saturated heterocycles. The van der Waals surface area contributed by atoms with Gasteiger partial charge in [-0.3, -0.25) is 39.4 Å². The van der Waals surface area contributed by atoms with Crippen LogP contribution in [0.2, 0.25) is 72.5 Å². The number of methoxy groups -OCH3 is 4. The second-order valence-corrected chi connectivity index (χ2v) is 60.1. The zero-order valence-corrected chi connectivity index (χ0v) is 88.6. The molecule has 0 aliphatic carbocycles. The van der Waals surface area contributed by atoms with Crippen molar-refractivity contribution >= 4 is 102 Å². The van der Waals surface area contributed by atoms with Crippen LogP contribution in [-0.4, -0.2) is 231 Å². The molecule has 0 spiro atoms. The van der Waals surface area contributed by atoms with Crippen LogP contribution in [0.1, 0.15) is 195 Å². The average Bonchev–Trinajstić information content (AvgIpc) is 0.779. The van der Waals surface area contributed by atoms with Crippen molar-refractivity contribution in [3.63, 3.8) is 0 Å². The van der Waals surface area contributed by atoms with E-state index in [1.54, 1.807) is 86.9 Å². The summed E-state index contributed by atoms with van der Waals surface area (Å²) in [5.74, 6) is 1.10. The van der Waals surface area contributed by atoms with E-state index in [2.05, 4.69) is 187 Å². The highest BCUT2D eigenvalue weighted by Crippen LogP contribution is 2.45. The third-order valence-electron chi connectivity index (χ3n) is 27.7. The number of anilines is 2. The molecule has 0 radical (unpaired) electrons. The largest absolute Gasteiger partial charge is 0.496 e. The number of carbonyl (C=O) groups is 4. The number of aryl methyl sites for hydroxylation is 4. The van der Waals surface area contributed by atoms with Crippen LogP contribution in [0.3, 0.4) is 0 Å². The maximum atomic E-state index is 13.7. The zero-order chi connectivity index (χ0) is 101. The number of hydrogen-bond donors (Lipinski definition) is 2. The summed E-state index contributed by atoms with van der Waals surface area (Å²) in [7, 11) is -2.04. The second kappa shape index (κ2) is 45.1. The Morgan fingerprint density at radius 3 is 0.890 bits per heavy atom. The smallest absolute Gasteiger partial charge is 0.282 e. The summed E-state index contributed by atoms with van der Waals surface area (Å²) in [6, 6.07) is 11.7. The Balaban J connectivity index is 0.000000203. The number of nitrogen functional groups attached to an aromatic ring is 2. The van der Waals surface area contributed by atoms with Crippen molar-refractivity contribution in [2.45, 2.75) is 233 Å². The van der Waals surface area contributed by atoms with Crippen LogP contribution in [0, 0.1) is 47.9 Å². The van der Waals surface area contributed by atoms with Gasteiger partial charge in [-0.1, -0.05) is 107 Å². The Kier molecular flexibility index (Phi) is 35.8. The van der Waals surface area contributed by atoms with Gasteiger partial charge >= 0.3 is 0 Å². The van der Waals surface area contributed by atoms with Gasteiger partial charge in [0.05, 0.1) is 100 Å². The number of aromatic nitrogens is 8. The minimum atomic E-state index is -2.10. The first-order chi connectivity index (χ1) is 63.6. The van der Waals surface area contributed by atoms with Crippen LogP contribution in [-0.2, 0) is 17.7 Å². The van der Waals surface area contributed by atoms with Crippen LogP contribution < -0.4 is 30.4 Å². The van der Waals surface area contributed by atoms with E-state index in [4.69, 9.17) is 48.1 Å². The van der Waals surface area contributed by atoms with Gasteiger partial charge in [-0.2, -0.15) is 0 Å². The number of ether oxygens (including phenoxy) is 4. The Labute approximate surface area is 805 Å². The van der Waals surface area contributed by atoms with Gasteiger partial charge in [-0.05, 0) is 195 Å². The van der Waals surface area contributed by atoms with E-state index in [1.165, 1.54) is 63.8 Å². The van der Waals surface area contributed by atoms with E-state index in [9.17, 15) is 39.4 Å². The summed E-state index contributed by atoms with van der Waals surface area (Å²) in [5.41, 5.74) is 24.9. The molecular formula is C100H140N16O16Si4. The first-order valence-corrected chi connectivity index (χ1v) is 57.4. The van der Waals surface area contributed by atoms with Crippen LogP contribution in [0.15, 0.2) is 148 Å². The summed E-state index contributed by atoms with van der Waals surface area (Å²) in [6.45, 7) is 54.3. The molecule has 32 nitrogen and oxygen atoms in total. The van der Waals surface area contributed by atoms with Gasteiger partial charge in [0.25, 0.3) is 35.0 Å². The number of nitrogens with zero attached hydrogens (tertiary/aromatic N) is 14. The second-order valence-electron chi connectivity index (χ2n) is 40.9. The lowest BCUT2D eigenvalue weighted by Gasteiger charge is -2.41. The van der Waals surface area contributed by atoms with E-state index in [0.29, 0.717) is 135 Å². The number of hydrogen-bond acceptors (Lipinski definition) is 26. The monoisotopic (exact) mass is 1930 g/mol. The van der Waals surface area contributed by atoms with Crippen molar-refractivity contribution in [3.05, 3.63) is 235 Å². The average molecular weight is 1930 g/mol. The van der Waals surface area contributed by atoms with E-state index < -0.39 is 61.0 Å². The molecule has 4 amide bonds. The molecule has 12 rings (SSSR count). The predicted molar refractivity (Wildman–Crippen MR) is 543 cm³/mol. The number of nitro benzene ring substituents is 2. The molecule has 4 aliphatic rings. The lowest BCUT2D eigenvalue weighted by atomic mass is 9.95. The lowest BCUT2D eigenvalue weighted by molar-refractivity contribution is -0.385. The molecule has 4 aromatic carbocycles. The minimum absolute atomic E-state index is 0.000566. The number of benzene rings is 4. The zero-order valence-electron chi connectivity index (χ0n) is 84.6. The van der Waals surface area contributed by atoms with Crippen molar-refractivity contribution in [2.75, 3.05) is 92.5 Å². The standard InChI is InChI=1S/2C25H34N4O5Si.2C25H36N4O3Si/c2*1-17-10-22(29(31)32)21(12-23(17)33-5)24(30)28-9-8-18(19-13-26-16-27-14-19)11-20(28)15-34-35(6,7)25(2,3)4;2*1-17-10-22(26)21(12-23(17)31-5)24(30)29-9-8-18(19-13-27-16-28-14-19)11-20(29)15-32-33(6,7)25(2,3)4/h10-14,16,20H,8-9,15H2,1-7H3;8,10,12-14,16,20H,9,11,15H2,1-7H3;10-14,16,20H,8-9,15,26H2,1-7H3;8,10,12-14,16,20H,9,11,15,26H2,1-7H3/t4*20-/m0000/s1. The third-order valence-corrected chi connectivity index (χ3v) is 45.7. The number of nitro groups is 2. The fraction of sp³-hybridized carbons (Fsp3) is 0.480. The summed E-state index contributed by atoms with van der Waals surface area (Å²) >= 11 is 0. The van der Waals surface area contributed by atoms with Gasteiger partial charge in [0, 0.05) is 134 Å². The summed E-state index contributed by atoms with van der Waals surface area (Å²) in [5, 5.41) is 23.8. The van der Waals surface area contributed by atoms with Crippen LogP contribution >= 0.6 is 0 Å². The van der Waals surface area contributed by atoms with Crippen molar-refractivity contribution in [1.29, 1.82) is 0 Å². The molecule has 8 aromatic rings. The molecule has 4 atom stereocenters. The summed E-state index contributed by atoms with van der Waals surface area (Å²) in [6.07, 6.45) is 30.9. The van der Waals surface area contributed by atoms with Gasteiger partial charge in [0.2, 0.25) is 0 Å². The maximum Gasteiger partial charge on any atom is 0.282 e. The van der Waals surface area contributed by atoms with E-state index in [-0.39, 0.29) is 72.6 Å². The molecule has 0 bridgehead atoms. The van der Waals surface area contributed by atoms with Gasteiger partial charge in [-0.15, -0.1) is 0 Å². The predicted octanol–water partition coefficient (Wildman–Crippen LogP) is 19.4. The minimum Gasteiger partial charge on any atom is -0.496 e. The number of amides is 4. The maximum absolute atomic E-state index is 13.7. The molecule has 0 saturated carbocycles. The molecule has 36 heteroatoms. The molecule has 0 fully saturated rings. The van der Waals surface area contributed by atoms with Crippen molar-refractivity contribution < 1.29 is 65.7 Å². The quantitative estimate of drug-likeness (QED) is 0.0220. The van der Waals surface area contributed by atoms with Crippen molar-refractivity contribution in [2.24, 2.45) is 0 Å². The molecule has 732 valence electrons. The Bertz CT molecular complexity index is 5550. The number of rotatable bonds is 26. The fourth-order valence-corrected chi connectivity index (χ4v) is 19.1. The first-order valence-electron chi connectivity index (χ1n) is 45.7. The Hall–Kier alpha value is -11.7. The van der Waals surface area contributed by atoms with Gasteiger partial charge in [-0.25, -0.2) is 39.9 Å². The third kappa shape index (κ3) is 26.6. The molecule has 8 heterocycles. The highest BCUT2D eigenvalue weighted by molar-refractivity contribution is 6.75. The number of nitrogens with two attached hydrogens (primary N) is 2. The Morgan fingerprint density at radius 2 is 0.618 bits per heavy atom. The lowest BCUT2D eigenvalue weighted by Crippen LogP contribution is -2.49. The molecule has 136 heavy (non-hydrogen) atoms.